The molecule has 3 heterocycles. The van der Waals surface area contributed by atoms with Gasteiger partial charge in [-0.3, -0.25) is 9.98 Å². The summed E-state index contributed by atoms with van der Waals surface area (Å²) in [6.45, 7) is 0.0166. The predicted molar refractivity (Wildman–Crippen MR) is 108 cm³/mol. The van der Waals surface area contributed by atoms with Gasteiger partial charge in [0.15, 0.2) is 5.65 Å². The van der Waals surface area contributed by atoms with Crippen molar-refractivity contribution in [1.82, 2.24) is 14.5 Å². The van der Waals surface area contributed by atoms with Crippen molar-refractivity contribution in [2.24, 2.45) is 23.9 Å². The molecule has 5 nitrogen and oxygen atoms in total. The molecule has 162 valence electrons. The molecule has 0 bridgehead atoms. The lowest BCUT2D eigenvalue weighted by molar-refractivity contribution is -0.162. The van der Waals surface area contributed by atoms with Gasteiger partial charge in [-0.25, -0.2) is 4.98 Å². The first-order valence-corrected chi connectivity index (χ1v) is 10.9. The number of aliphatic hydroxyl groups excluding tert-OH is 1. The second-order valence-corrected chi connectivity index (χ2v) is 9.21. The van der Waals surface area contributed by atoms with Crippen LogP contribution in [0.15, 0.2) is 17.3 Å². The number of aryl methyl sites for hydroxylation is 1. The molecule has 2 aliphatic carbocycles. The van der Waals surface area contributed by atoms with E-state index in [1.54, 1.807) is 17.8 Å². The molecule has 0 amide bonds. The minimum Gasteiger partial charge on any atom is -0.394 e. The molecule has 2 aromatic rings. The van der Waals surface area contributed by atoms with Crippen molar-refractivity contribution in [2.75, 3.05) is 6.61 Å². The van der Waals surface area contributed by atoms with E-state index in [0.717, 1.165) is 25.0 Å². The summed E-state index contributed by atoms with van der Waals surface area (Å²) >= 11 is 0. The summed E-state index contributed by atoms with van der Waals surface area (Å²) in [5.41, 5.74) is 0.836. The topological polar surface area (TPSA) is 63.3 Å². The summed E-state index contributed by atoms with van der Waals surface area (Å²) in [4.78, 5) is 14.0. The van der Waals surface area contributed by atoms with Gasteiger partial charge < -0.3 is 9.67 Å². The quantitative estimate of drug-likeness (QED) is 0.802. The van der Waals surface area contributed by atoms with Crippen molar-refractivity contribution in [1.29, 1.82) is 0 Å². The van der Waals surface area contributed by atoms with Gasteiger partial charge in [-0.05, 0) is 50.0 Å². The number of aliphatic hydroxyl groups is 1. The summed E-state index contributed by atoms with van der Waals surface area (Å²) in [5, 5.41) is 9.96. The molecule has 30 heavy (non-hydrogen) atoms. The van der Waals surface area contributed by atoms with E-state index < -0.39 is 11.6 Å². The molecule has 3 aliphatic rings. The zero-order valence-corrected chi connectivity index (χ0v) is 17.1. The number of hydrogen-bond donors (Lipinski definition) is 1. The Balaban J connectivity index is 1.50. The van der Waals surface area contributed by atoms with Gasteiger partial charge in [0.05, 0.1) is 24.6 Å². The first kappa shape index (κ1) is 20.0. The van der Waals surface area contributed by atoms with Crippen LogP contribution >= 0.6 is 0 Å². The fourth-order valence-corrected chi connectivity index (χ4v) is 5.33. The third-order valence-electron chi connectivity index (χ3n) is 7.52. The number of fused-ring (bicyclic) bond motifs is 1. The summed E-state index contributed by atoms with van der Waals surface area (Å²) in [5.74, 6) is 1.05. The minimum absolute atomic E-state index is 0.0166. The first-order chi connectivity index (χ1) is 14.3. The molecule has 0 aromatic carbocycles. The Morgan fingerprint density at radius 3 is 2.57 bits per heavy atom. The zero-order chi connectivity index (χ0) is 21.1. The fraction of sp³-hybridized carbons (Fsp3) is 0.682. The Morgan fingerprint density at radius 1 is 1.20 bits per heavy atom. The lowest BCUT2D eigenvalue weighted by atomic mass is 9.71. The Bertz CT molecular complexity index is 988. The van der Waals surface area contributed by atoms with Gasteiger partial charge in [0.25, 0.3) is 0 Å². The van der Waals surface area contributed by atoms with Crippen molar-refractivity contribution in [3.63, 3.8) is 0 Å². The van der Waals surface area contributed by atoms with Gasteiger partial charge in [-0.15, -0.1) is 0 Å². The summed E-state index contributed by atoms with van der Waals surface area (Å²) in [7, 11) is 1.64. The van der Waals surface area contributed by atoms with E-state index in [2.05, 4.69) is 9.97 Å². The average molecular weight is 420 g/mol. The number of aliphatic imine (C=N–C) groups is 1. The molecule has 2 aromatic heterocycles. The van der Waals surface area contributed by atoms with Crippen molar-refractivity contribution in [3.05, 3.63) is 23.7 Å². The molecule has 1 aliphatic heterocycles. The molecule has 0 saturated heterocycles. The van der Waals surface area contributed by atoms with E-state index >= 15 is 0 Å². The molecule has 8 heteroatoms. The summed E-state index contributed by atoms with van der Waals surface area (Å²) in [6.07, 6.45) is 4.03. The van der Waals surface area contributed by atoms with E-state index in [4.69, 9.17) is 4.99 Å². The van der Waals surface area contributed by atoms with Crippen LogP contribution in [-0.4, -0.2) is 44.2 Å². The second kappa shape index (κ2) is 7.04. The average Bonchev–Trinajstić information content (AvgIpc) is 3.44. The van der Waals surface area contributed by atoms with E-state index in [1.807, 2.05) is 0 Å². The van der Waals surface area contributed by atoms with E-state index in [0.29, 0.717) is 28.7 Å². The van der Waals surface area contributed by atoms with Crippen molar-refractivity contribution in [2.45, 2.75) is 69.0 Å². The maximum Gasteiger partial charge on any atom is 0.399 e. The maximum absolute atomic E-state index is 13.6. The van der Waals surface area contributed by atoms with E-state index in [9.17, 15) is 18.3 Å². The number of nitrogens with zero attached hydrogens (tertiary/aromatic N) is 4. The van der Waals surface area contributed by atoms with Crippen LogP contribution < -0.4 is 0 Å². The lowest BCUT2D eigenvalue weighted by Gasteiger charge is -2.36. The summed E-state index contributed by atoms with van der Waals surface area (Å²) < 4.78 is 42.4. The molecular formula is C22H27F3N4O. The van der Waals surface area contributed by atoms with Gasteiger partial charge >= 0.3 is 6.18 Å². The highest BCUT2D eigenvalue weighted by Crippen LogP contribution is 2.59. The van der Waals surface area contributed by atoms with Crippen LogP contribution in [0.1, 0.15) is 62.8 Å². The van der Waals surface area contributed by atoms with E-state index in [1.165, 1.54) is 25.3 Å². The molecule has 0 unspecified atom stereocenters. The van der Waals surface area contributed by atoms with Crippen LogP contribution in [0.4, 0.5) is 13.2 Å². The Morgan fingerprint density at radius 2 is 1.97 bits per heavy atom. The highest BCUT2D eigenvalue weighted by molar-refractivity contribution is 6.00. The lowest BCUT2D eigenvalue weighted by Crippen LogP contribution is -2.33. The largest absolute Gasteiger partial charge is 0.399 e. The Hall–Kier alpha value is -1.96. The van der Waals surface area contributed by atoms with Crippen LogP contribution in [0.3, 0.4) is 0 Å². The van der Waals surface area contributed by atoms with Crippen LogP contribution in [0.5, 0.6) is 0 Å². The van der Waals surface area contributed by atoms with Crippen molar-refractivity contribution >= 4 is 16.9 Å². The molecule has 2 saturated carbocycles. The number of rotatable bonds is 4. The Kier molecular flexibility index (Phi) is 4.69. The molecule has 2 fully saturated rings. The van der Waals surface area contributed by atoms with Crippen LogP contribution in [0.2, 0.25) is 0 Å². The normalized spacial score (nSPS) is 26.9. The van der Waals surface area contributed by atoms with Gasteiger partial charge in [0.1, 0.15) is 16.6 Å². The maximum atomic E-state index is 13.6. The smallest absolute Gasteiger partial charge is 0.394 e. The number of hydrogen-bond acceptors (Lipinski definition) is 4. The fourth-order valence-electron chi connectivity index (χ4n) is 5.33. The number of halogens is 3. The van der Waals surface area contributed by atoms with Crippen molar-refractivity contribution in [3.8, 4) is 0 Å². The van der Waals surface area contributed by atoms with Crippen LogP contribution in [0, 0.1) is 11.8 Å². The monoisotopic (exact) mass is 420 g/mol. The van der Waals surface area contributed by atoms with Crippen LogP contribution in [-0.2, 0) is 12.5 Å². The minimum atomic E-state index is -4.27. The molecule has 1 N–H and O–H groups in total. The second-order valence-electron chi connectivity index (χ2n) is 9.21. The van der Waals surface area contributed by atoms with Crippen LogP contribution in [0.25, 0.3) is 11.2 Å². The third kappa shape index (κ3) is 3.06. The third-order valence-corrected chi connectivity index (χ3v) is 7.52. The molecule has 2 atom stereocenters. The summed E-state index contributed by atoms with van der Waals surface area (Å²) in [6, 6.07) is 1.40. The number of aromatic nitrogens is 3. The SMILES string of the molecule is Cn1c(C2(C(F)(F)F)CC2)cc2ncc(C3=N[C@@H](CO)[C@H](C4CCC4)CCC3)nc21. The highest BCUT2D eigenvalue weighted by atomic mass is 19.4. The van der Waals surface area contributed by atoms with E-state index in [-0.39, 0.29) is 31.2 Å². The van der Waals surface area contributed by atoms with Gasteiger partial charge in [-0.2, -0.15) is 13.2 Å². The molecule has 5 rings (SSSR count). The Labute approximate surface area is 173 Å². The highest BCUT2D eigenvalue weighted by Gasteiger charge is 2.65. The zero-order valence-electron chi connectivity index (χ0n) is 17.1. The molecule has 0 radical (unpaired) electrons. The first-order valence-electron chi connectivity index (χ1n) is 10.9. The van der Waals surface area contributed by atoms with Gasteiger partial charge in [0, 0.05) is 12.7 Å². The van der Waals surface area contributed by atoms with Gasteiger partial charge in [0.2, 0.25) is 0 Å². The van der Waals surface area contributed by atoms with Gasteiger partial charge in [-0.1, -0.05) is 19.3 Å². The number of alkyl halides is 3. The predicted octanol–water partition coefficient (Wildman–Crippen LogP) is 4.31. The van der Waals surface area contributed by atoms with Crippen molar-refractivity contribution < 1.29 is 18.3 Å². The molecular weight excluding hydrogens is 393 g/mol. The molecule has 0 spiro atoms. The standard InChI is InChI=1S/C22H27F3N4O/c1-29-19(21(8-9-21)22(23,24)25)10-16-20(29)28-17(11-26-16)15-7-3-6-14(13-4-2-5-13)18(12-30)27-15/h10-11,13-14,18,30H,2-9,12H2,1H3/t14-,18-/m0/s1.